The van der Waals surface area contributed by atoms with Crippen LogP contribution in [0.15, 0.2) is 30.3 Å². The summed E-state index contributed by atoms with van der Waals surface area (Å²) in [5.41, 5.74) is 1.41. The first-order chi connectivity index (χ1) is 8.77. The summed E-state index contributed by atoms with van der Waals surface area (Å²) in [5, 5.41) is 0. The minimum atomic E-state index is 0.0498. The topological polar surface area (TPSA) is 17.1 Å². The Bertz CT molecular complexity index is 428. The first kappa shape index (κ1) is 12.0. The minimum Gasteiger partial charge on any atom is -0.299 e. The van der Waals surface area contributed by atoms with Gasteiger partial charge < -0.3 is 0 Å². The monoisotopic (exact) mass is 242 g/mol. The van der Waals surface area contributed by atoms with Gasteiger partial charge in [0, 0.05) is 11.3 Å². The van der Waals surface area contributed by atoms with Gasteiger partial charge in [-0.1, -0.05) is 50.1 Å². The first-order valence-corrected chi connectivity index (χ1v) is 7.36. The largest absolute Gasteiger partial charge is 0.299 e. The number of rotatable bonds is 4. The maximum Gasteiger partial charge on any atom is 0.142 e. The van der Waals surface area contributed by atoms with Crippen LogP contribution in [0.25, 0.3) is 0 Å². The van der Waals surface area contributed by atoms with E-state index in [0.717, 1.165) is 25.7 Å². The van der Waals surface area contributed by atoms with E-state index in [0.29, 0.717) is 17.6 Å². The first-order valence-electron chi connectivity index (χ1n) is 7.36. The Hall–Kier alpha value is -1.11. The summed E-state index contributed by atoms with van der Waals surface area (Å²) in [4.78, 5) is 12.7. The Labute approximate surface area is 110 Å². The second kappa shape index (κ2) is 4.53. The van der Waals surface area contributed by atoms with Crippen molar-refractivity contribution in [2.24, 2.45) is 11.3 Å². The third-order valence-electron chi connectivity index (χ3n) is 5.12. The molecule has 96 valence electrons. The van der Waals surface area contributed by atoms with Crippen molar-refractivity contribution in [3.05, 3.63) is 35.9 Å². The highest BCUT2D eigenvalue weighted by Crippen LogP contribution is 2.54. The van der Waals surface area contributed by atoms with Gasteiger partial charge >= 0.3 is 0 Å². The van der Waals surface area contributed by atoms with E-state index in [9.17, 15) is 4.79 Å². The van der Waals surface area contributed by atoms with Gasteiger partial charge in [-0.2, -0.15) is 0 Å². The number of hydrogen-bond donors (Lipinski definition) is 0. The predicted octanol–water partition coefficient (Wildman–Crippen LogP) is 4.33. The van der Waals surface area contributed by atoms with Crippen molar-refractivity contribution >= 4 is 5.78 Å². The minimum absolute atomic E-state index is 0.0498. The highest BCUT2D eigenvalue weighted by atomic mass is 16.1. The molecule has 0 spiro atoms. The second-order valence-corrected chi connectivity index (χ2v) is 6.06. The molecule has 1 heteroatoms. The molecule has 3 rings (SSSR count). The number of carbonyl (C=O) groups is 1. The SMILES string of the molecule is CCC1(C(=O)C2CC2c2ccccc2)CCCC1. The summed E-state index contributed by atoms with van der Waals surface area (Å²) in [5.74, 6) is 1.42. The van der Waals surface area contributed by atoms with E-state index in [4.69, 9.17) is 0 Å². The third kappa shape index (κ3) is 1.90. The van der Waals surface area contributed by atoms with E-state index >= 15 is 0 Å². The molecule has 0 aromatic heterocycles. The van der Waals surface area contributed by atoms with Crippen LogP contribution in [0.1, 0.15) is 56.9 Å². The van der Waals surface area contributed by atoms with E-state index < -0.39 is 0 Å². The fraction of sp³-hybridized carbons (Fsp3) is 0.588. The normalized spacial score (nSPS) is 29.2. The van der Waals surface area contributed by atoms with Crippen LogP contribution in [0.4, 0.5) is 0 Å². The Morgan fingerprint density at radius 1 is 1.22 bits per heavy atom. The van der Waals surface area contributed by atoms with Crippen LogP contribution in [0.5, 0.6) is 0 Å². The summed E-state index contributed by atoms with van der Waals surface area (Å²) in [6, 6.07) is 10.6. The highest BCUT2D eigenvalue weighted by molar-refractivity contribution is 5.90. The van der Waals surface area contributed by atoms with Crippen LogP contribution in [0, 0.1) is 11.3 Å². The number of benzene rings is 1. The molecule has 2 atom stereocenters. The molecular formula is C17H22O. The van der Waals surface area contributed by atoms with Crippen molar-refractivity contribution in [3.8, 4) is 0 Å². The smallest absolute Gasteiger partial charge is 0.142 e. The molecule has 1 nitrogen and oxygen atoms in total. The molecule has 0 heterocycles. The summed E-state index contributed by atoms with van der Waals surface area (Å²) in [7, 11) is 0. The van der Waals surface area contributed by atoms with E-state index in [1.165, 1.54) is 18.4 Å². The van der Waals surface area contributed by atoms with Gasteiger partial charge in [-0.3, -0.25) is 4.79 Å². The molecule has 2 aliphatic carbocycles. The van der Waals surface area contributed by atoms with Gasteiger partial charge in [-0.25, -0.2) is 0 Å². The lowest BCUT2D eigenvalue weighted by atomic mass is 9.77. The summed E-state index contributed by atoms with van der Waals surface area (Å²) < 4.78 is 0. The molecule has 0 radical (unpaired) electrons. The van der Waals surface area contributed by atoms with Crippen LogP contribution in [-0.2, 0) is 4.79 Å². The van der Waals surface area contributed by atoms with Crippen LogP contribution in [0.3, 0.4) is 0 Å². The molecule has 1 aromatic rings. The molecule has 0 amide bonds. The zero-order valence-corrected chi connectivity index (χ0v) is 11.2. The van der Waals surface area contributed by atoms with E-state index in [-0.39, 0.29) is 5.41 Å². The van der Waals surface area contributed by atoms with Crippen molar-refractivity contribution in [2.45, 2.75) is 51.4 Å². The van der Waals surface area contributed by atoms with Gasteiger partial charge in [0.25, 0.3) is 0 Å². The van der Waals surface area contributed by atoms with Crippen LogP contribution >= 0.6 is 0 Å². The van der Waals surface area contributed by atoms with E-state index in [1.54, 1.807) is 0 Å². The van der Waals surface area contributed by atoms with Gasteiger partial charge in [0.2, 0.25) is 0 Å². The average molecular weight is 242 g/mol. The average Bonchev–Trinajstić information content (AvgIpc) is 3.08. The number of hydrogen-bond acceptors (Lipinski definition) is 1. The number of Topliss-reactive ketones (excluding diaryl/α,β-unsaturated/α-hetero) is 1. The molecule has 0 bridgehead atoms. The zero-order valence-electron chi connectivity index (χ0n) is 11.2. The lowest BCUT2D eigenvalue weighted by molar-refractivity contribution is -0.130. The summed E-state index contributed by atoms with van der Waals surface area (Å²) in [6.07, 6.45) is 6.92. The molecule has 0 N–H and O–H groups in total. The molecular weight excluding hydrogens is 220 g/mol. The zero-order chi connectivity index (χ0) is 12.6. The molecule has 2 aliphatic rings. The molecule has 2 fully saturated rings. The van der Waals surface area contributed by atoms with Crippen molar-refractivity contribution in [3.63, 3.8) is 0 Å². The quantitative estimate of drug-likeness (QED) is 0.768. The van der Waals surface area contributed by atoms with Crippen molar-refractivity contribution in [2.75, 3.05) is 0 Å². The maximum atomic E-state index is 12.7. The van der Waals surface area contributed by atoms with Gasteiger partial charge in [0.1, 0.15) is 5.78 Å². The van der Waals surface area contributed by atoms with Crippen LogP contribution in [0.2, 0.25) is 0 Å². The van der Waals surface area contributed by atoms with Crippen molar-refractivity contribution < 1.29 is 4.79 Å². The van der Waals surface area contributed by atoms with Crippen molar-refractivity contribution in [1.82, 2.24) is 0 Å². The fourth-order valence-electron chi connectivity index (χ4n) is 3.77. The molecule has 0 saturated heterocycles. The predicted molar refractivity (Wildman–Crippen MR) is 73.5 cm³/mol. The van der Waals surface area contributed by atoms with Gasteiger partial charge in [-0.05, 0) is 37.2 Å². The van der Waals surface area contributed by atoms with E-state index in [2.05, 4.69) is 31.2 Å². The van der Waals surface area contributed by atoms with Crippen LogP contribution in [-0.4, -0.2) is 5.78 Å². The number of ketones is 1. The highest BCUT2D eigenvalue weighted by Gasteiger charge is 2.51. The van der Waals surface area contributed by atoms with Gasteiger partial charge in [0.05, 0.1) is 0 Å². The molecule has 1 aromatic carbocycles. The number of carbonyl (C=O) groups excluding carboxylic acids is 1. The molecule has 0 aliphatic heterocycles. The second-order valence-electron chi connectivity index (χ2n) is 6.06. The lowest BCUT2D eigenvalue weighted by Gasteiger charge is -2.26. The van der Waals surface area contributed by atoms with Crippen LogP contribution < -0.4 is 0 Å². The summed E-state index contributed by atoms with van der Waals surface area (Å²) in [6.45, 7) is 2.20. The standard InChI is InChI=1S/C17H22O/c1-2-17(10-6-7-11-17)16(18)15-12-14(15)13-8-4-3-5-9-13/h3-5,8-9,14-15H,2,6-7,10-12H2,1H3. The molecule has 2 unspecified atom stereocenters. The van der Waals surface area contributed by atoms with Crippen molar-refractivity contribution in [1.29, 1.82) is 0 Å². The Kier molecular flexibility index (Phi) is 3.01. The Balaban J connectivity index is 1.73. The molecule has 2 saturated carbocycles. The fourth-order valence-corrected chi connectivity index (χ4v) is 3.77. The Morgan fingerprint density at radius 2 is 1.89 bits per heavy atom. The summed E-state index contributed by atoms with van der Waals surface area (Å²) >= 11 is 0. The maximum absolute atomic E-state index is 12.7. The van der Waals surface area contributed by atoms with E-state index in [1.807, 2.05) is 6.07 Å². The van der Waals surface area contributed by atoms with Gasteiger partial charge in [-0.15, -0.1) is 0 Å². The third-order valence-corrected chi connectivity index (χ3v) is 5.12. The lowest BCUT2D eigenvalue weighted by Crippen LogP contribution is -2.29. The molecule has 18 heavy (non-hydrogen) atoms. The Morgan fingerprint density at radius 3 is 2.50 bits per heavy atom. The van der Waals surface area contributed by atoms with Gasteiger partial charge in [0.15, 0.2) is 0 Å².